The minimum atomic E-state index is -2.41. The average Bonchev–Trinajstić information content (AvgIpc) is 2.06. The van der Waals surface area contributed by atoms with Crippen molar-refractivity contribution in [1.29, 1.82) is 0 Å². The van der Waals surface area contributed by atoms with Crippen LogP contribution >= 0.6 is 0 Å². The Morgan fingerprint density at radius 3 is 2.00 bits per heavy atom. The van der Waals surface area contributed by atoms with Gasteiger partial charge in [0.05, 0.1) is 0 Å². The maximum atomic E-state index is 13.0. The van der Waals surface area contributed by atoms with Gasteiger partial charge in [0.2, 0.25) is 5.92 Å². The molecule has 1 aliphatic carbocycles. The van der Waals surface area contributed by atoms with Gasteiger partial charge in [0, 0.05) is 24.4 Å². The van der Waals surface area contributed by atoms with Crippen molar-refractivity contribution in [3.05, 3.63) is 0 Å². The molecule has 0 N–H and O–H groups in total. The number of nitrogens with zero attached hydrogens (tertiary/aromatic N) is 1. The normalized spacial score (nSPS) is 23.4. The third-order valence-corrected chi connectivity index (χ3v) is 3.33. The molecule has 0 aliphatic heterocycles. The van der Waals surface area contributed by atoms with E-state index in [-0.39, 0.29) is 18.4 Å². The van der Waals surface area contributed by atoms with Gasteiger partial charge in [-0.05, 0) is 40.2 Å². The quantitative estimate of drug-likeness (QED) is 0.684. The lowest BCUT2D eigenvalue weighted by Crippen LogP contribution is -2.50. The molecule has 0 atom stereocenters. The molecule has 0 spiro atoms. The van der Waals surface area contributed by atoms with Gasteiger partial charge in [-0.2, -0.15) is 0 Å². The van der Waals surface area contributed by atoms with E-state index in [0.717, 1.165) is 6.54 Å². The van der Waals surface area contributed by atoms with Crippen molar-refractivity contribution >= 4 is 0 Å². The first-order chi connectivity index (χ1) is 6.76. The Kier molecular flexibility index (Phi) is 3.75. The van der Waals surface area contributed by atoms with Crippen LogP contribution in [-0.4, -0.2) is 28.9 Å². The number of halogens is 2. The third-order valence-electron chi connectivity index (χ3n) is 3.33. The van der Waals surface area contributed by atoms with Crippen molar-refractivity contribution in [3.8, 4) is 0 Å². The zero-order valence-corrected chi connectivity index (χ0v) is 10.3. The Morgan fingerprint density at radius 2 is 1.67 bits per heavy atom. The Morgan fingerprint density at radius 1 is 1.20 bits per heavy atom. The third kappa shape index (κ3) is 3.40. The van der Waals surface area contributed by atoms with Crippen LogP contribution in [0.15, 0.2) is 0 Å². The monoisotopic (exact) mass is 219 g/mol. The molecule has 1 saturated carbocycles. The predicted molar refractivity (Wildman–Crippen MR) is 59.3 cm³/mol. The predicted octanol–water partition coefficient (Wildman–Crippen LogP) is 3.68. The molecule has 0 unspecified atom stereocenters. The number of rotatable bonds is 2. The summed E-state index contributed by atoms with van der Waals surface area (Å²) < 4.78 is 26.0. The molecule has 0 aromatic carbocycles. The van der Waals surface area contributed by atoms with Crippen molar-refractivity contribution in [3.63, 3.8) is 0 Å². The van der Waals surface area contributed by atoms with Gasteiger partial charge >= 0.3 is 0 Å². The van der Waals surface area contributed by atoms with E-state index >= 15 is 0 Å². The summed E-state index contributed by atoms with van der Waals surface area (Å²) in [5.41, 5.74) is 0.0893. The summed E-state index contributed by atoms with van der Waals surface area (Å²) in [6.45, 7) is 9.52. The molecule has 3 heteroatoms. The van der Waals surface area contributed by atoms with E-state index in [2.05, 4.69) is 32.6 Å². The summed E-state index contributed by atoms with van der Waals surface area (Å²) in [4.78, 5) is 2.35. The molecule has 15 heavy (non-hydrogen) atoms. The van der Waals surface area contributed by atoms with Crippen molar-refractivity contribution in [2.24, 2.45) is 0 Å². The lowest BCUT2D eigenvalue weighted by molar-refractivity contribution is -0.0637. The van der Waals surface area contributed by atoms with E-state index in [4.69, 9.17) is 0 Å². The maximum Gasteiger partial charge on any atom is 0.248 e. The summed E-state index contributed by atoms with van der Waals surface area (Å²) >= 11 is 0. The van der Waals surface area contributed by atoms with Gasteiger partial charge in [0.1, 0.15) is 0 Å². The minimum Gasteiger partial charge on any atom is -0.296 e. The number of hydrogen-bond acceptors (Lipinski definition) is 1. The summed E-state index contributed by atoms with van der Waals surface area (Å²) in [7, 11) is 0. The van der Waals surface area contributed by atoms with E-state index in [0.29, 0.717) is 18.9 Å². The number of hydrogen-bond donors (Lipinski definition) is 0. The highest BCUT2D eigenvalue weighted by molar-refractivity contribution is 4.88. The second-order valence-corrected chi connectivity index (χ2v) is 5.54. The molecular formula is C12H23F2N. The van der Waals surface area contributed by atoms with Gasteiger partial charge in [0.15, 0.2) is 0 Å². The average molecular weight is 219 g/mol. The zero-order valence-electron chi connectivity index (χ0n) is 10.3. The van der Waals surface area contributed by atoms with E-state index in [9.17, 15) is 8.78 Å². The zero-order chi connectivity index (χ0) is 11.7. The lowest BCUT2D eigenvalue weighted by Gasteiger charge is -2.44. The van der Waals surface area contributed by atoms with Gasteiger partial charge in [-0.15, -0.1) is 0 Å². The molecule has 0 aromatic heterocycles. The van der Waals surface area contributed by atoms with Crippen LogP contribution < -0.4 is 0 Å². The largest absolute Gasteiger partial charge is 0.296 e. The van der Waals surface area contributed by atoms with Gasteiger partial charge in [-0.3, -0.25) is 4.90 Å². The molecule has 1 fully saturated rings. The number of alkyl halides is 2. The van der Waals surface area contributed by atoms with Crippen molar-refractivity contribution in [2.45, 2.75) is 70.9 Å². The molecule has 0 aromatic rings. The Labute approximate surface area is 91.8 Å². The molecule has 0 bridgehead atoms. The molecule has 0 heterocycles. The van der Waals surface area contributed by atoms with Crippen LogP contribution in [0.2, 0.25) is 0 Å². The molecule has 1 aliphatic rings. The second-order valence-electron chi connectivity index (χ2n) is 5.54. The van der Waals surface area contributed by atoms with E-state index < -0.39 is 5.92 Å². The first kappa shape index (κ1) is 12.9. The van der Waals surface area contributed by atoms with Crippen LogP contribution in [0.25, 0.3) is 0 Å². The highest BCUT2D eigenvalue weighted by Crippen LogP contribution is 2.36. The fourth-order valence-corrected chi connectivity index (χ4v) is 2.62. The molecule has 0 radical (unpaired) electrons. The first-order valence-corrected chi connectivity index (χ1v) is 5.91. The van der Waals surface area contributed by atoms with Crippen LogP contribution in [0.4, 0.5) is 8.78 Å². The van der Waals surface area contributed by atoms with Crippen molar-refractivity contribution in [1.82, 2.24) is 4.90 Å². The van der Waals surface area contributed by atoms with Gasteiger partial charge in [-0.1, -0.05) is 6.92 Å². The highest BCUT2D eigenvalue weighted by atomic mass is 19.3. The summed E-state index contributed by atoms with van der Waals surface area (Å²) in [6.07, 6.45) is 1.39. The van der Waals surface area contributed by atoms with Crippen molar-refractivity contribution in [2.75, 3.05) is 6.54 Å². The maximum absolute atomic E-state index is 13.0. The second kappa shape index (κ2) is 4.36. The summed E-state index contributed by atoms with van der Waals surface area (Å²) in [5, 5.41) is 0. The SMILES string of the molecule is CCN(C1CCC(F)(F)CC1)C(C)(C)C. The molecule has 1 nitrogen and oxygen atoms in total. The molecule has 0 saturated heterocycles. The van der Waals surface area contributed by atoms with Gasteiger partial charge in [0.25, 0.3) is 0 Å². The van der Waals surface area contributed by atoms with Crippen LogP contribution in [0.1, 0.15) is 53.4 Å². The fourth-order valence-electron chi connectivity index (χ4n) is 2.62. The smallest absolute Gasteiger partial charge is 0.248 e. The van der Waals surface area contributed by atoms with Gasteiger partial charge < -0.3 is 0 Å². The van der Waals surface area contributed by atoms with Crippen molar-refractivity contribution < 1.29 is 8.78 Å². The van der Waals surface area contributed by atoms with Crippen LogP contribution in [0.5, 0.6) is 0 Å². The standard InChI is InChI=1S/C12H23F2N/c1-5-15(11(2,3)4)10-6-8-12(13,14)9-7-10/h10H,5-9H2,1-4H3. The molecule has 90 valence electrons. The molecular weight excluding hydrogens is 196 g/mol. The van der Waals surface area contributed by atoms with Crippen LogP contribution in [0.3, 0.4) is 0 Å². The van der Waals surface area contributed by atoms with Crippen LogP contribution in [0, 0.1) is 0 Å². The van der Waals surface area contributed by atoms with Gasteiger partial charge in [-0.25, -0.2) is 8.78 Å². The molecule has 0 amide bonds. The van der Waals surface area contributed by atoms with E-state index in [1.54, 1.807) is 0 Å². The van der Waals surface area contributed by atoms with Crippen LogP contribution in [-0.2, 0) is 0 Å². The highest BCUT2D eigenvalue weighted by Gasteiger charge is 2.38. The van der Waals surface area contributed by atoms with E-state index in [1.165, 1.54) is 0 Å². The Hall–Kier alpha value is -0.180. The molecule has 1 rings (SSSR count). The summed E-state index contributed by atoms with van der Waals surface area (Å²) in [5.74, 6) is -2.41. The lowest BCUT2D eigenvalue weighted by atomic mass is 9.88. The Bertz CT molecular complexity index is 198. The minimum absolute atomic E-state index is 0.0598. The topological polar surface area (TPSA) is 3.24 Å². The van der Waals surface area contributed by atoms with E-state index in [1.807, 2.05) is 0 Å². The fraction of sp³-hybridized carbons (Fsp3) is 1.00. The Balaban J connectivity index is 2.58. The summed E-state index contributed by atoms with van der Waals surface area (Å²) in [6, 6.07) is 0.342. The first-order valence-electron chi connectivity index (χ1n) is 5.91.